The highest BCUT2D eigenvalue weighted by molar-refractivity contribution is 7.80. The van der Waals surface area contributed by atoms with Gasteiger partial charge in [-0.25, -0.2) is 4.39 Å². The number of hydrogen-bond acceptors (Lipinski definition) is 2. The Bertz CT molecular complexity index is 439. The number of rotatable bonds is 3. The maximum atomic E-state index is 13.9. The van der Waals surface area contributed by atoms with Gasteiger partial charge in [-0.2, -0.15) is 0 Å². The average molecular weight is 266 g/mol. The van der Waals surface area contributed by atoms with E-state index in [0.717, 1.165) is 24.6 Å². The van der Waals surface area contributed by atoms with Crippen molar-refractivity contribution >= 4 is 17.2 Å². The summed E-state index contributed by atoms with van der Waals surface area (Å²) >= 11 is 4.84. The lowest BCUT2D eigenvalue weighted by atomic mass is 9.98. The van der Waals surface area contributed by atoms with Crippen LogP contribution >= 0.6 is 12.2 Å². The molecule has 1 heterocycles. The summed E-state index contributed by atoms with van der Waals surface area (Å²) < 4.78 is 13.9. The van der Waals surface area contributed by atoms with Gasteiger partial charge in [-0.3, -0.25) is 4.90 Å². The first-order chi connectivity index (χ1) is 8.56. The molecule has 0 aromatic heterocycles. The minimum atomic E-state index is -0.209. The van der Waals surface area contributed by atoms with E-state index in [4.69, 9.17) is 18.0 Å². The Morgan fingerprint density at radius 2 is 2.11 bits per heavy atom. The molecular formula is C14H19FN2S. The molecule has 4 heteroatoms. The zero-order chi connectivity index (χ0) is 13.1. The second-order valence-electron chi connectivity index (χ2n) is 5.13. The van der Waals surface area contributed by atoms with Crippen molar-refractivity contribution in [1.82, 2.24) is 4.90 Å². The lowest BCUT2D eigenvalue weighted by Crippen LogP contribution is -2.32. The molecule has 18 heavy (non-hydrogen) atoms. The highest BCUT2D eigenvalue weighted by atomic mass is 32.1. The molecule has 2 N–H and O–H groups in total. The summed E-state index contributed by atoms with van der Waals surface area (Å²) in [6.07, 6.45) is 2.40. The number of nitrogens with zero attached hydrogens (tertiary/aromatic N) is 1. The summed E-state index contributed by atoms with van der Waals surface area (Å²) in [6, 6.07) is 5.03. The molecule has 2 rings (SSSR count). The smallest absolute Gasteiger partial charge is 0.128 e. The predicted octanol–water partition coefficient (Wildman–Crippen LogP) is 2.69. The van der Waals surface area contributed by atoms with Crippen molar-refractivity contribution in [2.75, 3.05) is 13.1 Å². The normalized spacial score (nSPS) is 17.9. The number of benzene rings is 1. The molecule has 0 aliphatic carbocycles. The van der Waals surface area contributed by atoms with Gasteiger partial charge >= 0.3 is 0 Å². The van der Waals surface area contributed by atoms with E-state index in [1.54, 1.807) is 12.1 Å². The molecule has 0 unspecified atom stereocenters. The summed E-state index contributed by atoms with van der Waals surface area (Å²) in [5, 5.41) is 0. The van der Waals surface area contributed by atoms with Crippen LogP contribution in [0.2, 0.25) is 0 Å². The van der Waals surface area contributed by atoms with E-state index < -0.39 is 0 Å². The van der Waals surface area contributed by atoms with Crippen LogP contribution in [0.4, 0.5) is 4.39 Å². The van der Waals surface area contributed by atoms with E-state index in [1.807, 2.05) is 0 Å². The van der Waals surface area contributed by atoms with E-state index in [9.17, 15) is 4.39 Å². The van der Waals surface area contributed by atoms with Crippen LogP contribution in [0.1, 0.15) is 30.9 Å². The summed E-state index contributed by atoms with van der Waals surface area (Å²) in [7, 11) is 0. The van der Waals surface area contributed by atoms with Crippen molar-refractivity contribution in [2.24, 2.45) is 11.7 Å². The van der Waals surface area contributed by atoms with Gasteiger partial charge < -0.3 is 5.73 Å². The number of piperidine rings is 1. The van der Waals surface area contributed by atoms with Crippen molar-refractivity contribution < 1.29 is 4.39 Å². The molecule has 1 aliphatic heterocycles. The highest BCUT2D eigenvalue weighted by Crippen LogP contribution is 2.19. The van der Waals surface area contributed by atoms with E-state index in [-0.39, 0.29) is 10.8 Å². The molecule has 2 nitrogen and oxygen atoms in total. The lowest BCUT2D eigenvalue weighted by Gasteiger charge is -2.30. The maximum absolute atomic E-state index is 13.9. The number of halogens is 1. The zero-order valence-electron chi connectivity index (χ0n) is 10.7. The molecule has 0 saturated carbocycles. The third kappa shape index (κ3) is 3.27. The minimum absolute atomic E-state index is 0.209. The van der Waals surface area contributed by atoms with Gasteiger partial charge in [0.25, 0.3) is 0 Å². The fraction of sp³-hybridized carbons (Fsp3) is 0.500. The summed E-state index contributed by atoms with van der Waals surface area (Å²) in [6.45, 7) is 5.06. The Kier molecular flexibility index (Phi) is 4.30. The Labute approximate surface area is 113 Å². The van der Waals surface area contributed by atoms with Gasteiger partial charge in [-0.05, 0) is 37.9 Å². The topological polar surface area (TPSA) is 29.3 Å². The number of hydrogen-bond donors (Lipinski definition) is 1. The largest absolute Gasteiger partial charge is 0.389 e. The minimum Gasteiger partial charge on any atom is -0.389 e. The summed E-state index contributed by atoms with van der Waals surface area (Å²) in [5.74, 6) is 0.585. The lowest BCUT2D eigenvalue weighted by molar-refractivity contribution is 0.183. The molecule has 1 saturated heterocycles. The molecule has 0 atom stereocenters. The SMILES string of the molecule is CC1CCN(Cc2ccc(C(N)=S)cc2F)CC1. The van der Waals surface area contributed by atoms with Crippen LogP contribution in [0.3, 0.4) is 0 Å². The molecule has 1 aliphatic rings. The van der Waals surface area contributed by atoms with Crippen molar-refractivity contribution in [3.63, 3.8) is 0 Å². The number of nitrogens with two attached hydrogens (primary N) is 1. The quantitative estimate of drug-likeness (QED) is 0.853. The predicted molar refractivity (Wildman–Crippen MR) is 76.0 cm³/mol. The van der Waals surface area contributed by atoms with Gasteiger partial charge in [-0.15, -0.1) is 0 Å². The third-order valence-electron chi connectivity index (χ3n) is 3.61. The van der Waals surface area contributed by atoms with Gasteiger partial charge in [0.1, 0.15) is 10.8 Å². The third-order valence-corrected chi connectivity index (χ3v) is 3.84. The van der Waals surface area contributed by atoms with Crippen LogP contribution in [-0.2, 0) is 6.54 Å². The van der Waals surface area contributed by atoms with Crippen LogP contribution in [0.15, 0.2) is 18.2 Å². The first-order valence-corrected chi connectivity index (χ1v) is 6.77. The standard InChI is InChI=1S/C14H19FN2S/c1-10-4-6-17(7-5-10)9-12-3-2-11(14(16)18)8-13(12)15/h2-3,8,10H,4-7,9H2,1H3,(H2,16,18). The fourth-order valence-corrected chi connectivity index (χ4v) is 2.42. The first-order valence-electron chi connectivity index (χ1n) is 6.37. The van der Waals surface area contributed by atoms with Gasteiger partial charge in [0.2, 0.25) is 0 Å². The Balaban J connectivity index is 2.03. The highest BCUT2D eigenvalue weighted by Gasteiger charge is 2.17. The van der Waals surface area contributed by atoms with Crippen molar-refractivity contribution in [3.05, 3.63) is 35.1 Å². The number of likely N-dealkylation sites (tertiary alicyclic amines) is 1. The van der Waals surface area contributed by atoms with Crippen molar-refractivity contribution in [3.8, 4) is 0 Å². The zero-order valence-corrected chi connectivity index (χ0v) is 11.5. The summed E-state index contributed by atoms with van der Waals surface area (Å²) in [4.78, 5) is 2.55. The Hall–Kier alpha value is -1.00. The van der Waals surface area contributed by atoms with E-state index in [1.165, 1.54) is 18.9 Å². The van der Waals surface area contributed by atoms with Gasteiger partial charge in [0, 0.05) is 17.7 Å². The maximum Gasteiger partial charge on any atom is 0.128 e. The molecule has 98 valence electrons. The van der Waals surface area contributed by atoms with Crippen LogP contribution in [0, 0.1) is 11.7 Å². The average Bonchev–Trinajstić information content (AvgIpc) is 2.34. The second-order valence-corrected chi connectivity index (χ2v) is 5.57. The van der Waals surface area contributed by atoms with E-state index in [0.29, 0.717) is 12.1 Å². The molecule has 1 aromatic rings. The number of thiocarbonyl (C=S) groups is 1. The van der Waals surface area contributed by atoms with Gasteiger partial charge in [0.15, 0.2) is 0 Å². The molecule has 0 amide bonds. The van der Waals surface area contributed by atoms with Gasteiger partial charge in [-0.1, -0.05) is 31.3 Å². The van der Waals surface area contributed by atoms with E-state index >= 15 is 0 Å². The Morgan fingerprint density at radius 1 is 1.44 bits per heavy atom. The molecular weight excluding hydrogens is 247 g/mol. The summed E-state index contributed by atoms with van der Waals surface area (Å²) in [5.41, 5.74) is 6.81. The fourth-order valence-electron chi connectivity index (χ4n) is 2.29. The molecule has 1 fully saturated rings. The first kappa shape index (κ1) is 13.4. The second kappa shape index (κ2) is 5.76. The van der Waals surface area contributed by atoms with Crippen molar-refractivity contribution in [2.45, 2.75) is 26.3 Å². The van der Waals surface area contributed by atoms with Crippen LogP contribution in [0.5, 0.6) is 0 Å². The monoisotopic (exact) mass is 266 g/mol. The Morgan fingerprint density at radius 3 is 2.67 bits per heavy atom. The van der Waals surface area contributed by atoms with Gasteiger partial charge in [0.05, 0.1) is 0 Å². The van der Waals surface area contributed by atoms with Crippen molar-refractivity contribution in [1.29, 1.82) is 0 Å². The van der Waals surface area contributed by atoms with Crippen LogP contribution < -0.4 is 5.73 Å². The molecule has 0 spiro atoms. The van der Waals surface area contributed by atoms with Crippen LogP contribution in [-0.4, -0.2) is 23.0 Å². The van der Waals surface area contributed by atoms with E-state index in [2.05, 4.69) is 11.8 Å². The molecule has 0 radical (unpaired) electrons. The molecule has 0 bridgehead atoms. The van der Waals surface area contributed by atoms with Crippen LogP contribution in [0.25, 0.3) is 0 Å². The molecule has 1 aromatic carbocycles.